The average molecular weight is 551 g/mol. The van der Waals surface area contributed by atoms with Crippen LogP contribution in [0.3, 0.4) is 0 Å². The first-order valence-corrected chi connectivity index (χ1v) is 13.0. The molecule has 0 aliphatic carbocycles. The van der Waals surface area contributed by atoms with E-state index in [1.165, 1.54) is 12.1 Å². The fraction of sp³-hybridized carbons (Fsp3) is 0.156. The first-order valence-electron chi connectivity index (χ1n) is 13.0. The summed E-state index contributed by atoms with van der Waals surface area (Å²) in [6, 6.07) is 17.2. The molecule has 4 aromatic carbocycles. The summed E-state index contributed by atoms with van der Waals surface area (Å²) < 4.78 is 15.7. The highest BCUT2D eigenvalue weighted by Gasteiger charge is 2.22. The van der Waals surface area contributed by atoms with Crippen LogP contribution in [-0.4, -0.2) is 25.5 Å². The molecule has 0 atom stereocenters. The van der Waals surface area contributed by atoms with Crippen LogP contribution in [0.25, 0.3) is 49.5 Å². The number of nitrogens with one attached hydrogen (secondary N) is 2. The highest BCUT2D eigenvalue weighted by Crippen LogP contribution is 2.39. The van der Waals surface area contributed by atoms with Crippen molar-refractivity contribution in [3.8, 4) is 16.8 Å². The van der Waals surface area contributed by atoms with Crippen LogP contribution in [0.15, 0.2) is 70.3 Å². The van der Waals surface area contributed by atoms with Gasteiger partial charge in [-0.2, -0.15) is 0 Å². The Balaban J connectivity index is 1.65. The minimum atomic E-state index is -1.08. The summed E-state index contributed by atoms with van der Waals surface area (Å²) in [5.74, 6) is -1.24. The van der Waals surface area contributed by atoms with Crippen LogP contribution >= 0.6 is 0 Å². The number of carbonyl (C=O) groups is 1. The molecule has 5 N–H and O–H groups in total. The van der Waals surface area contributed by atoms with Crippen molar-refractivity contribution in [2.75, 3.05) is 0 Å². The van der Waals surface area contributed by atoms with Gasteiger partial charge in [0.1, 0.15) is 5.82 Å². The fourth-order valence-corrected chi connectivity index (χ4v) is 5.56. The number of aromatic nitrogens is 3. The molecule has 1 amide bonds. The van der Waals surface area contributed by atoms with Crippen LogP contribution in [0.2, 0.25) is 0 Å². The Bertz CT molecular complexity index is 2200. The predicted octanol–water partition coefficient (Wildman–Crippen LogP) is 5.06. The maximum atomic E-state index is 14.7. The SMILES string of the molecule is Cc1ccc2c(=O)n(-c3cccc(-c4ccc(C(N)=O)c5[nH]c6cc(C(C)(C)O)ccc6c45)c3C)c(=O)[nH]c2c1F. The van der Waals surface area contributed by atoms with E-state index in [1.54, 1.807) is 52.0 Å². The number of hydrogen-bond acceptors (Lipinski definition) is 4. The van der Waals surface area contributed by atoms with E-state index in [0.29, 0.717) is 39.0 Å². The van der Waals surface area contributed by atoms with Gasteiger partial charge in [-0.05, 0) is 79.8 Å². The zero-order valence-corrected chi connectivity index (χ0v) is 22.8. The van der Waals surface area contributed by atoms with Crippen LogP contribution in [0, 0.1) is 19.7 Å². The number of aryl methyl sites for hydroxylation is 1. The number of benzene rings is 4. The summed E-state index contributed by atoms with van der Waals surface area (Å²) in [5.41, 5.74) is 8.12. The third-order valence-electron chi connectivity index (χ3n) is 7.77. The summed E-state index contributed by atoms with van der Waals surface area (Å²) in [7, 11) is 0. The molecule has 2 heterocycles. The summed E-state index contributed by atoms with van der Waals surface area (Å²) in [6.07, 6.45) is 0. The smallest absolute Gasteiger partial charge is 0.333 e. The van der Waals surface area contributed by atoms with E-state index in [4.69, 9.17) is 5.73 Å². The van der Waals surface area contributed by atoms with Crippen LogP contribution in [-0.2, 0) is 5.60 Å². The number of primary amides is 1. The van der Waals surface area contributed by atoms with Crippen molar-refractivity contribution >= 4 is 38.6 Å². The Morgan fingerprint density at radius 1 is 0.927 bits per heavy atom. The number of H-pyrrole nitrogens is 2. The molecule has 0 saturated carbocycles. The molecular weight excluding hydrogens is 523 g/mol. The van der Waals surface area contributed by atoms with Crippen molar-refractivity contribution in [1.29, 1.82) is 0 Å². The molecular formula is C32H27FN4O4. The molecule has 0 unspecified atom stereocenters. The summed E-state index contributed by atoms with van der Waals surface area (Å²) in [4.78, 5) is 44.9. The van der Waals surface area contributed by atoms with Crippen LogP contribution < -0.4 is 17.0 Å². The molecule has 0 saturated heterocycles. The zero-order chi connectivity index (χ0) is 29.4. The molecule has 41 heavy (non-hydrogen) atoms. The van der Waals surface area contributed by atoms with E-state index in [-0.39, 0.29) is 10.9 Å². The van der Waals surface area contributed by atoms with Gasteiger partial charge in [0.2, 0.25) is 0 Å². The monoisotopic (exact) mass is 550 g/mol. The fourth-order valence-electron chi connectivity index (χ4n) is 5.56. The number of fused-ring (bicyclic) bond motifs is 4. The lowest BCUT2D eigenvalue weighted by Gasteiger charge is -2.17. The van der Waals surface area contributed by atoms with Gasteiger partial charge < -0.3 is 20.8 Å². The standard InChI is InChI=1S/C32H27FN4O4/c1-15-8-10-22-28(26(15)33)36-31(40)37(30(22)39)24-7-5-6-18(16(24)2)19-12-13-21(29(34)38)27-25(19)20-11-9-17(32(3,4)41)14-23(20)35-27/h5-14,35,41H,1-4H3,(H2,34,38)(H,36,40). The van der Waals surface area contributed by atoms with Gasteiger partial charge in [-0.15, -0.1) is 0 Å². The van der Waals surface area contributed by atoms with Crippen molar-refractivity contribution in [1.82, 2.24) is 14.5 Å². The Hall–Kier alpha value is -5.02. The molecule has 0 bridgehead atoms. The van der Waals surface area contributed by atoms with E-state index >= 15 is 0 Å². The van der Waals surface area contributed by atoms with Crippen LogP contribution in [0.4, 0.5) is 4.39 Å². The molecule has 9 heteroatoms. The number of carbonyl (C=O) groups excluding carboxylic acids is 1. The van der Waals surface area contributed by atoms with Gasteiger partial charge in [0.15, 0.2) is 0 Å². The minimum Gasteiger partial charge on any atom is -0.386 e. The Morgan fingerprint density at radius 3 is 2.37 bits per heavy atom. The molecule has 2 aromatic heterocycles. The Kier molecular flexibility index (Phi) is 5.76. The van der Waals surface area contributed by atoms with Gasteiger partial charge in [0, 0.05) is 16.3 Å². The quantitative estimate of drug-likeness (QED) is 0.244. The van der Waals surface area contributed by atoms with E-state index in [9.17, 15) is 23.9 Å². The number of halogens is 1. The topological polar surface area (TPSA) is 134 Å². The van der Waals surface area contributed by atoms with Crippen LogP contribution in [0.5, 0.6) is 0 Å². The van der Waals surface area contributed by atoms with E-state index < -0.39 is 28.6 Å². The average Bonchev–Trinajstić information content (AvgIpc) is 3.30. The van der Waals surface area contributed by atoms with Crippen LogP contribution in [0.1, 0.15) is 40.9 Å². The third kappa shape index (κ3) is 3.96. The van der Waals surface area contributed by atoms with E-state index in [1.807, 2.05) is 24.3 Å². The van der Waals surface area contributed by atoms with Crippen molar-refractivity contribution in [2.45, 2.75) is 33.3 Å². The van der Waals surface area contributed by atoms with Crippen molar-refractivity contribution < 1.29 is 14.3 Å². The van der Waals surface area contributed by atoms with Crippen molar-refractivity contribution in [3.63, 3.8) is 0 Å². The van der Waals surface area contributed by atoms with Gasteiger partial charge in [0.05, 0.1) is 33.3 Å². The number of aromatic amines is 2. The van der Waals surface area contributed by atoms with E-state index in [0.717, 1.165) is 26.5 Å². The molecule has 0 radical (unpaired) electrons. The molecule has 6 aromatic rings. The molecule has 0 fully saturated rings. The minimum absolute atomic E-state index is 0.0601. The van der Waals surface area contributed by atoms with Crippen molar-refractivity contribution in [3.05, 3.63) is 110 Å². The highest BCUT2D eigenvalue weighted by molar-refractivity contribution is 6.20. The number of amides is 1. The van der Waals surface area contributed by atoms with E-state index in [2.05, 4.69) is 9.97 Å². The number of nitrogens with two attached hydrogens (primary N) is 1. The first-order chi connectivity index (χ1) is 19.4. The third-order valence-corrected chi connectivity index (χ3v) is 7.77. The lowest BCUT2D eigenvalue weighted by Crippen LogP contribution is -2.34. The Morgan fingerprint density at radius 2 is 1.66 bits per heavy atom. The molecule has 0 aliphatic heterocycles. The second-order valence-electron chi connectivity index (χ2n) is 10.9. The molecule has 0 spiro atoms. The molecule has 6 rings (SSSR count). The number of hydrogen-bond donors (Lipinski definition) is 4. The summed E-state index contributed by atoms with van der Waals surface area (Å²) >= 11 is 0. The maximum Gasteiger partial charge on any atom is 0.333 e. The second-order valence-corrected chi connectivity index (χ2v) is 10.9. The largest absolute Gasteiger partial charge is 0.386 e. The first kappa shape index (κ1) is 26.2. The number of rotatable bonds is 4. The van der Waals surface area contributed by atoms with Crippen molar-refractivity contribution in [2.24, 2.45) is 5.73 Å². The number of nitrogens with zero attached hydrogens (tertiary/aromatic N) is 1. The molecule has 8 nitrogen and oxygen atoms in total. The predicted molar refractivity (Wildman–Crippen MR) is 158 cm³/mol. The highest BCUT2D eigenvalue weighted by atomic mass is 19.1. The normalized spacial score (nSPS) is 12.0. The van der Waals surface area contributed by atoms with Gasteiger partial charge >= 0.3 is 5.69 Å². The lowest BCUT2D eigenvalue weighted by molar-refractivity contribution is 0.0787. The van der Waals surface area contributed by atoms with Gasteiger partial charge in [-0.25, -0.2) is 13.8 Å². The number of aliphatic hydroxyl groups is 1. The molecule has 0 aliphatic rings. The van der Waals surface area contributed by atoms with Gasteiger partial charge in [-0.1, -0.05) is 36.4 Å². The lowest BCUT2D eigenvalue weighted by atomic mass is 9.92. The zero-order valence-electron chi connectivity index (χ0n) is 22.8. The Labute approximate surface area is 232 Å². The second kappa shape index (κ2) is 9.00. The summed E-state index contributed by atoms with van der Waals surface area (Å²) in [6.45, 7) is 6.74. The maximum absolute atomic E-state index is 14.7. The van der Waals surface area contributed by atoms with Gasteiger partial charge in [0.25, 0.3) is 11.5 Å². The van der Waals surface area contributed by atoms with Gasteiger partial charge in [-0.3, -0.25) is 9.59 Å². The molecule has 206 valence electrons. The summed E-state index contributed by atoms with van der Waals surface area (Å²) in [5, 5.41) is 12.1.